The fourth-order valence-corrected chi connectivity index (χ4v) is 2.06. The molecule has 0 aromatic heterocycles. The molecule has 0 saturated carbocycles. The quantitative estimate of drug-likeness (QED) is 0.583. The minimum atomic E-state index is -1.06. The van der Waals surface area contributed by atoms with Crippen molar-refractivity contribution < 1.29 is 19.4 Å². The molecule has 0 aliphatic rings. The van der Waals surface area contributed by atoms with Gasteiger partial charge in [0.1, 0.15) is 6.04 Å². The molecule has 0 bridgehead atoms. The fraction of sp³-hybridized carbons (Fsp3) is 0.818. The molecule has 0 aliphatic heterocycles. The predicted molar refractivity (Wildman–Crippen MR) is 72.0 cm³/mol. The van der Waals surface area contributed by atoms with Crippen LogP contribution >= 0.6 is 11.8 Å². The summed E-state index contributed by atoms with van der Waals surface area (Å²) >= 11 is 1.64. The molecule has 2 unspecified atom stereocenters. The first kappa shape index (κ1) is 17.1. The molecule has 2 amide bonds. The Labute approximate surface area is 112 Å². The van der Waals surface area contributed by atoms with Crippen LogP contribution in [0.2, 0.25) is 0 Å². The van der Waals surface area contributed by atoms with Crippen LogP contribution in [0.4, 0.5) is 4.79 Å². The van der Waals surface area contributed by atoms with E-state index in [1.54, 1.807) is 11.8 Å². The van der Waals surface area contributed by atoms with Crippen LogP contribution in [0.5, 0.6) is 0 Å². The van der Waals surface area contributed by atoms with Crippen LogP contribution < -0.4 is 10.6 Å². The zero-order valence-corrected chi connectivity index (χ0v) is 11.9. The van der Waals surface area contributed by atoms with Gasteiger partial charge in [-0.2, -0.15) is 11.8 Å². The van der Waals surface area contributed by atoms with Crippen molar-refractivity contribution in [2.24, 2.45) is 0 Å². The number of ether oxygens (including phenoxy) is 1. The van der Waals surface area contributed by atoms with Gasteiger partial charge in [0.2, 0.25) is 0 Å². The van der Waals surface area contributed by atoms with Crippen molar-refractivity contribution in [1.82, 2.24) is 10.6 Å². The zero-order valence-electron chi connectivity index (χ0n) is 11.1. The third-order valence-electron chi connectivity index (χ3n) is 2.41. The van der Waals surface area contributed by atoms with Gasteiger partial charge < -0.3 is 20.5 Å². The van der Waals surface area contributed by atoms with Crippen molar-refractivity contribution in [1.29, 1.82) is 0 Å². The Bertz CT molecular complexity index is 263. The van der Waals surface area contributed by atoms with Gasteiger partial charge in [-0.3, -0.25) is 0 Å². The third kappa shape index (κ3) is 7.39. The first-order valence-corrected chi connectivity index (χ1v) is 7.22. The molecular weight excluding hydrogens is 256 g/mol. The number of carbonyl (C=O) groups is 2. The van der Waals surface area contributed by atoms with Crippen molar-refractivity contribution in [3.63, 3.8) is 0 Å². The summed E-state index contributed by atoms with van der Waals surface area (Å²) in [7, 11) is 1.49. The highest BCUT2D eigenvalue weighted by Gasteiger charge is 2.20. The highest BCUT2D eigenvalue weighted by Crippen LogP contribution is 2.01. The molecule has 0 spiro atoms. The number of amides is 2. The molecular formula is C11H22N2O4S. The Balaban J connectivity index is 4.19. The minimum Gasteiger partial charge on any atom is -0.480 e. The van der Waals surface area contributed by atoms with E-state index in [4.69, 9.17) is 9.84 Å². The molecule has 6 nitrogen and oxygen atoms in total. The van der Waals surface area contributed by atoms with E-state index in [1.165, 1.54) is 7.11 Å². The zero-order chi connectivity index (χ0) is 14.0. The summed E-state index contributed by atoms with van der Waals surface area (Å²) in [6.45, 7) is 2.26. The number of thioether (sulfide) groups is 1. The maximum absolute atomic E-state index is 11.6. The van der Waals surface area contributed by atoms with E-state index in [0.717, 1.165) is 12.2 Å². The van der Waals surface area contributed by atoms with Crippen LogP contribution in [0.3, 0.4) is 0 Å². The Morgan fingerprint density at radius 1 is 1.39 bits per heavy atom. The second-order valence-electron chi connectivity index (χ2n) is 3.85. The molecule has 0 aliphatic carbocycles. The molecule has 0 fully saturated rings. The lowest BCUT2D eigenvalue weighted by Gasteiger charge is -2.19. The molecule has 3 N–H and O–H groups in total. The van der Waals surface area contributed by atoms with Gasteiger partial charge in [0.05, 0.1) is 0 Å². The smallest absolute Gasteiger partial charge is 0.326 e. The topological polar surface area (TPSA) is 87.7 Å². The summed E-state index contributed by atoms with van der Waals surface area (Å²) in [6, 6.07) is -1.31. The summed E-state index contributed by atoms with van der Waals surface area (Å²) in [5.74, 6) is -0.250. The SMILES string of the molecule is CCC(CSC)NC(=O)NC(CCOC)C(=O)O. The molecule has 7 heteroatoms. The van der Waals surface area contributed by atoms with E-state index in [-0.39, 0.29) is 12.5 Å². The second-order valence-corrected chi connectivity index (χ2v) is 4.76. The van der Waals surface area contributed by atoms with E-state index in [9.17, 15) is 9.59 Å². The maximum atomic E-state index is 11.6. The minimum absolute atomic E-state index is 0.0527. The number of rotatable bonds is 9. The van der Waals surface area contributed by atoms with Crippen molar-refractivity contribution in [2.75, 3.05) is 25.7 Å². The van der Waals surface area contributed by atoms with Crippen molar-refractivity contribution in [3.05, 3.63) is 0 Å². The van der Waals surface area contributed by atoms with Gasteiger partial charge in [0.25, 0.3) is 0 Å². The first-order valence-electron chi connectivity index (χ1n) is 5.82. The second kappa shape index (κ2) is 10.0. The molecule has 0 rings (SSSR count). The molecule has 0 radical (unpaired) electrons. The highest BCUT2D eigenvalue weighted by molar-refractivity contribution is 7.98. The van der Waals surface area contributed by atoms with Gasteiger partial charge in [-0.25, -0.2) is 9.59 Å². The highest BCUT2D eigenvalue weighted by atomic mass is 32.2. The number of methoxy groups -OCH3 is 1. The Morgan fingerprint density at radius 2 is 2.06 bits per heavy atom. The van der Waals surface area contributed by atoms with Crippen LogP contribution in [0.25, 0.3) is 0 Å². The van der Waals surface area contributed by atoms with Gasteiger partial charge in [-0.1, -0.05) is 6.92 Å². The van der Waals surface area contributed by atoms with Crippen molar-refractivity contribution >= 4 is 23.8 Å². The fourth-order valence-electron chi connectivity index (χ4n) is 1.34. The number of urea groups is 1. The Hall–Kier alpha value is -0.950. The third-order valence-corrected chi connectivity index (χ3v) is 3.15. The number of nitrogens with one attached hydrogen (secondary N) is 2. The van der Waals surface area contributed by atoms with E-state index in [2.05, 4.69) is 10.6 Å². The lowest BCUT2D eigenvalue weighted by atomic mass is 10.2. The van der Waals surface area contributed by atoms with E-state index >= 15 is 0 Å². The molecule has 106 valence electrons. The van der Waals surface area contributed by atoms with Crippen LogP contribution in [0.15, 0.2) is 0 Å². The van der Waals surface area contributed by atoms with E-state index in [0.29, 0.717) is 6.61 Å². The number of carbonyl (C=O) groups excluding carboxylic acids is 1. The lowest BCUT2D eigenvalue weighted by Crippen LogP contribution is -2.49. The number of hydrogen-bond acceptors (Lipinski definition) is 4. The molecule has 2 atom stereocenters. The average Bonchev–Trinajstić information content (AvgIpc) is 2.33. The number of carboxylic acid groups (broad SMARTS) is 1. The van der Waals surface area contributed by atoms with E-state index in [1.807, 2.05) is 13.2 Å². The molecule has 0 aromatic carbocycles. The molecule has 0 saturated heterocycles. The van der Waals surface area contributed by atoms with Crippen LogP contribution in [-0.2, 0) is 9.53 Å². The number of hydrogen-bond donors (Lipinski definition) is 3. The van der Waals surface area contributed by atoms with Crippen molar-refractivity contribution in [3.8, 4) is 0 Å². The average molecular weight is 278 g/mol. The van der Waals surface area contributed by atoms with Gasteiger partial charge in [0.15, 0.2) is 0 Å². The monoisotopic (exact) mass is 278 g/mol. The van der Waals surface area contributed by atoms with Crippen LogP contribution in [-0.4, -0.2) is 54.9 Å². The molecule has 18 heavy (non-hydrogen) atoms. The summed E-state index contributed by atoms with van der Waals surface area (Å²) in [5, 5.41) is 14.1. The van der Waals surface area contributed by atoms with Gasteiger partial charge in [-0.15, -0.1) is 0 Å². The molecule has 0 aromatic rings. The molecule has 0 heterocycles. The van der Waals surface area contributed by atoms with Crippen LogP contribution in [0.1, 0.15) is 19.8 Å². The number of carboxylic acids is 1. The Morgan fingerprint density at radius 3 is 2.50 bits per heavy atom. The van der Waals surface area contributed by atoms with Gasteiger partial charge in [-0.05, 0) is 12.7 Å². The maximum Gasteiger partial charge on any atom is 0.326 e. The van der Waals surface area contributed by atoms with Crippen LogP contribution in [0, 0.1) is 0 Å². The Kier molecular flexibility index (Phi) is 9.49. The van der Waals surface area contributed by atoms with Gasteiger partial charge >= 0.3 is 12.0 Å². The number of aliphatic carboxylic acids is 1. The lowest BCUT2D eigenvalue weighted by molar-refractivity contribution is -0.139. The summed E-state index contributed by atoms with van der Waals surface area (Å²) in [5.41, 5.74) is 0. The van der Waals surface area contributed by atoms with E-state index < -0.39 is 18.0 Å². The summed E-state index contributed by atoms with van der Waals surface area (Å²) in [6.07, 6.45) is 3.02. The predicted octanol–water partition coefficient (Wildman–Crippen LogP) is 0.917. The summed E-state index contributed by atoms with van der Waals surface area (Å²) < 4.78 is 4.81. The first-order chi connectivity index (χ1) is 8.54. The van der Waals surface area contributed by atoms with Gasteiger partial charge in [0, 0.05) is 31.9 Å². The summed E-state index contributed by atoms with van der Waals surface area (Å²) in [4.78, 5) is 22.5. The standard InChI is InChI=1S/C11H22N2O4S/c1-4-8(7-18-3)12-11(16)13-9(10(14)15)5-6-17-2/h8-9H,4-7H2,1-3H3,(H,14,15)(H2,12,13,16). The van der Waals surface area contributed by atoms with Crippen molar-refractivity contribution in [2.45, 2.75) is 31.8 Å². The largest absolute Gasteiger partial charge is 0.480 e. The normalized spacial score (nSPS) is 13.7.